The standard InChI is InChI=1S/C15H20BrNO3S/c1-3-10-17(11-15(19)20-4-2)14(18)7-5-6-12-8-9-13(16)21-12/h3,8-9H,1,4-7,10-11H2,2H3. The maximum Gasteiger partial charge on any atom is 0.325 e. The number of rotatable bonds is 9. The molecular weight excluding hydrogens is 354 g/mol. The second-order valence-corrected chi connectivity index (χ2v) is 6.97. The second kappa shape index (κ2) is 9.73. The summed E-state index contributed by atoms with van der Waals surface area (Å²) in [5, 5.41) is 0. The van der Waals surface area contributed by atoms with Crippen LogP contribution in [0, 0.1) is 0 Å². The van der Waals surface area contributed by atoms with Gasteiger partial charge in [-0.2, -0.15) is 0 Å². The van der Waals surface area contributed by atoms with Crippen LogP contribution in [0.25, 0.3) is 0 Å². The molecule has 116 valence electrons. The van der Waals surface area contributed by atoms with Gasteiger partial charge in [-0.15, -0.1) is 17.9 Å². The van der Waals surface area contributed by atoms with Gasteiger partial charge in [-0.05, 0) is 47.8 Å². The van der Waals surface area contributed by atoms with Crippen molar-refractivity contribution >= 4 is 39.1 Å². The summed E-state index contributed by atoms with van der Waals surface area (Å²) in [6, 6.07) is 4.06. The van der Waals surface area contributed by atoms with E-state index in [1.54, 1.807) is 24.3 Å². The van der Waals surface area contributed by atoms with E-state index in [4.69, 9.17) is 4.74 Å². The molecule has 0 radical (unpaired) electrons. The van der Waals surface area contributed by atoms with Crippen molar-refractivity contribution in [2.24, 2.45) is 0 Å². The number of ether oxygens (including phenoxy) is 1. The maximum atomic E-state index is 12.1. The van der Waals surface area contributed by atoms with E-state index in [2.05, 4.69) is 28.6 Å². The molecule has 0 aliphatic rings. The number of halogens is 1. The molecule has 0 unspecified atom stereocenters. The van der Waals surface area contributed by atoms with Crippen molar-refractivity contribution in [1.82, 2.24) is 4.90 Å². The summed E-state index contributed by atoms with van der Waals surface area (Å²) in [5.74, 6) is -0.423. The average Bonchev–Trinajstić information content (AvgIpc) is 2.84. The third-order valence-corrected chi connectivity index (χ3v) is 4.45. The zero-order valence-corrected chi connectivity index (χ0v) is 14.5. The van der Waals surface area contributed by atoms with Gasteiger partial charge in [0.1, 0.15) is 6.54 Å². The van der Waals surface area contributed by atoms with Gasteiger partial charge in [-0.1, -0.05) is 6.08 Å². The van der Waals surface area contributed by atoms with Crippen LogP contribution >= 0.6 is 27.3 Å². The molecule has 1 heterocycles. The molecule has 1 amide bonds. The lowest BCUT2D eigenvalue weighted by Crippen LogP contribution is -2.36. The Labute approximate surface area is 137 Å². The first-order valence-electron chi connectivity index (χ1n) is 6.85. The van der Waals surface area contributed by atoms with E-state index in [1.807, 2.05) is 6.07 Å². The molecule has 1 aromatic heterocycles. The first kappa shape index (κ1) is 17.9. The third kappa shape index (κ3) is 6.91. The number of thiophene rings is 1. The number of carbonyl (C=O) groups is 2. The molecule has 0 aromatic carbocycles. The Morgan fingerprint density at radius 1 is 1.48 bits per heavy atom. The lowest BCUT2D eigenvalue weighted by atomic mass is 10.2. The Morgan fingerprint density at radius 3 is 2.81 bits per heavy atom. The van der Waals surface area contributed by atoms with Crippen LogP contribution in [0.15, 0.2) is 28.6 Å². The number of hydrogen-bond donors (Lipinski definition) is 0. The summed E-state index contributed by atoms with van der Waals surface area (Å²) in [7, 11) is 0. The van der Waals surface area contributed by atoms with Crippen LogP contribution in [0.3, 0.4) is 0 Å². The molecule has 0 aliphatic carbocycles. The highest BCUT2D eigenvalue weighted by molar-refractivity contribution is 9.11. The van der Waals surface area contributed by atoms with Gasteiger partial charge >= 0.3 is 5.97 Å². The molecule has 6 heteroatoms. The van der Waals surface area contributed by atoms with Crippen LogP contribution in [-0.2, 0) is 20.7 Å². The zero-order chi connectivity index (χ0) is 15.7. The minimum atomic E-state index is -0.380. The molecule has 21 heavy (non-hydrogen) atoms. The van der Waals surface area contributed by atoms with Crippen molar-refractivity contribution in [3.8, 4) is 0 Å². The number of aryl methyl sites for hydroxylation is 1. The molecule has 0 bridgehead atoms. The molecule has 0 fully saturated rings. The van der Waals surface area contributed by atoms with Crippen LogP contribution in [0.2, 0.25) is 0 Å². The molecule has 0 aliphatic heterocycles. The van der Waals surface area contributed by atoms with E-state index in [1.165, 1.54) is 9.78 Å². The van der Waals surface area contributed by atoms with Gasteiger partial charge in [0.2, 0.25) is 5.91 Å². The van der Waals surface area contributed by atoms with Gasteiger partial charge in [0.25, 0.3) is 0 Å². The average molecular weight is 374 g/mol. The molecule has 0 atom stereocenters. The quantitative estimate of drug-likeness (QED) is 0.492. The maximum absolute atomic E-state index is 12.1. The number of carbonyl (C=O) groups excluding carboxylic acids is 2. The molecule has 1 rings (SSSR count). The van der Waals surface area contributed by atoms with Crippen LogP contribution in [0.5, 0.6) is 0 Å². The van der Waals surface area contributed by atoms with Gasteiger partial charge in [0.15, 0.2) is 0 Å². The van der Waals surface area contributed by atoms with Gasteiger partial charge < -0.3 is 9.64 Å². The second-order valence-electron chi connectivity index (χ2n) is 4.43. The van der Waals surface area contributed by atoms with E-state index in [9.17, 15) is 9.59 Å². The predicted octanol–water partition coefficient (Wildman–Crippen LogP) is 3.41. The molecular formula is C15H20BrNO3S. The largest absolute Gasteiger partial charge is 0.465 e. The highest BCUT2D eigenvalue weighted by atomic mass is 79.9. The fourth-order valence-corrected chi connectivity index (χ4v) is 3.36. The monoisotopic (exact) mass is 373 g/mol. The Bertz CT molecular complexity index is 487. The number of amides is 1. The van der Waals surface area contributed by atoms with E-state index < -0.39 is 0 Å². The van der Waals surface area contributed by atoms with Crippen molar-refractivity contribution in [3.05, 3.63) is 33.5 Å². The molecule has 1 aromatic rings. The van der Waals surface area contributed by atoms with E-state index in [-0.39, 0.29) is 18.4 Å². The fourth-order valence-electron chi connectivity index (χ4n) is 1.83. The minimum Gasteiger partial charge on any atom is -0.465 e. The highest BCUT2D eigenvalue weighted by Crippen LogP contribution is 2.23. The fraction of sp³-hybridized carbons (Fsp3) is 0.467. The smallest absolute Gasteiger partial charge is 0.325 e. The molecule has 0 saturated heterocycles. The van der Waals surface area contributed by atoms with Crippen LogP contribution in [-0.4, -0.2) is 36.5 Å². The molecule has 4 nitrogen and oxygen atoms in total. The van der Waals surface area contributed by atoms with Crippen LogP contribution in [0.4, 0.5) is 0 Å². The number of esters is 1. The van der Waals surface area contributed by atoms with Crippen molar-refractivity contribution in [2.75, 3.05) is 19.7 Å². The Kier molecular flexibility index (Phi) is 8.30. The van der Waals surface area contributed by atoms with Crippen molar-refractivity contribution < 1.29 is 14.3 Å². The van der Waals surface area contributed by atoms with Crippen molar-refractivity contribution in [3.63, 3.8) is 0 Å². The summed E-state index contributed by atoms with van der Waals surface area (Å²) in [4.78, 5) is 26.3. The minimum absolute atomic E-state index is 0.0107. The SMILES string of the molecule is C=CCN(CC(=O)OCC)C(=O)CCCc1ccc(Br)s1. The number of hydrogen-bond acceptors (Lipinski definition) is 4. The molecule has 0 spiro atoms. The zero-order valence-electron chi connectivity index (χ0n) is 12.1. The van der Waals surface area contributed by atoms with Crippen molar-refractivity contribution in [2.45, 2.75) is 26.2 Å². The first-order chi connectivity index (χ1) is 10.1. The van der Waals surface area contributed by atoms with Crippen molar-refractivity contribution in [1.29, 1.82) is 0 Å². The van der Waals surface area contributed by atoms with Gasteiger partial charge in [-0.3, -0.25) is 9.59 Å². The van der Waals surface area contributed by atoms with Gasteiger partial charge in [0.05, 0.1) is 10.4 Å². The van der Waals surface area contributed by atoms with E-state index in [0.717, 1.165) is 16.6 Å². The Balaban J connectivity index is 2.41. The van der Waals surface area contributed by atoms with Gasteiger partial charge in [-0.25, -0.2) is 0 Å². The lowest BCUT2D eigenvalue weighted by Gasteiger charge is -2.19. The van der Waals surface area contributed by atoms with E-state index in [0.29, 0.717) is 19.6 Å². The third-order valence-electron chi connectivity index (χ3n) is 2.77. The van der Waals surface area contributed by atoms with Crippen LogP contribution < -0.4 is 0 Å². The highest BCUT2D eigenvalue weighted by Gasteiger charge is 2.16. The normalized spacial score (nSPS) is 10.2. The van der Waals surface area contributed by atoms with E-state index >= 15 is 0 Å². The number of nitrogens with zero attached hydrogens (tertiary/aromatic N) is 1. The summed E-state index contributed by atoms with van der Waals surface area (Å²) < 4.78 is 5.97. The molecule has 0 N–H and O–H groups in total. The summed E-state index contributed by atoms with van der Waals surface area (Å²) in [6.45, 7) is 6.04. The first-order valence-corrected chi connectivity index (χ1v) is 8.46. The summed E-state index contributed by atoms with van der Waals surface area (Å²) in [5.41, 5.74) is 0. The lowest BCUT2D eigenvalue weighted by molar-refractivity contribution is -0.148. The van der Waals surface area contributed by atoms with Gasteiger partial charge in [0, 0.05) is 17.8 Å². The Morgan fingerprint density at radius 2 is 2.24 bits per heavy atom. The predicted molar refractivity (Wildman–Crippen MR) is 88.4 cm³/mol. The molecule has 0 saturated carbocycles. The van der Waals surface area contributed by atoms with Crippen LogP contribution in [0.1, 0.15) is 24.6 Å². The Hall–Kier alpha value is -1.14. The summed E-state index contributed by atoms with van der Waals surface area (Å²) in [6.07, 6.45) is 3.67. The topological polar surface area (TPSA) is 46.6 Å². The summed E-state index contributed by atoms with van der Waals surface area (Å²) >= 11 is 5.10.